The van der Waals surface area contributed by atoms with E-state index in [2.05, 4.69) is 0 Å². The minimum absolute atomic E-state index is 0.152. The maximum Gasteiger partial charge on any atom is 0.306 e. The van der Waals surface area contributed by atoms with Crippen molar-refractivity contribution in [3.05, 3.63) is 47.5 Å². The van der Waals surface area contributed by atoms with Crippen molar-refractivity contribution >= 4 is 32.4 Å². The number of rotatable bonds is 11. The molecule has 2 rings (SSSR count). The highest BCUT2D eigenvalue weighted by Crippen LogP contribution is 2.36. The fourth-order valence-corrected chi connectivity index (χ4v) is 3.24. The van der Waals surface area contributed by atoms with E-state index in [9.17, 15) is 9.59 Å². The largest absolute Gasteiger partial charge is 0.496 e. The molecular formula is C24H29IO7. The summed E-state index contributed by atoms with van der Waals surface area (Å²) in [6.07, 6.45) is 0.867. The van der Waals surface area contributed by atoms with Gasteiger partial charge in [-0.3, -0.25) is 9.59 Å². The van der Waals surface area contributed by atoms with Gasteiger partial charge < -0.3 is 23.7 Å². The smallest absolute Gasteiger partial charge is 0.306 e. The third kappa shape index (κ3) is 8.22. The second-order valence-electron chi connectivity index (χ2n) is 7.95. The van der Waals surface area contributed by atoms with E-state index in [4.69, 9.17) is 23.7 Å². The summed E-state index contributed by atoms with van der Waals surface area (Å²) in [5, 5.41) is 0. The Morgan fingerprint density at radius 1 is 0.938 bits per heavy atom. The molecule has 8 heteroatoms. The summed E-state index contributed by atoms with van der Waals surface area (Å²) in [5.41, 5.74) is 0.828. The molecule has 0 aliphatic carbocycles. The molecule has 0 unspecified atom stereocenters. The van der Waals surface area contributed by atoms with Gasteiger partial charge in [-0.1, -0.05) is 12.1 Å². The van der Waals surface area contributed by atoms with Gasteiger partial charge >= 0.3 is 5.97 Å². The van der Waals surface area contributed by atoms with Crippen LogP contribution >= 0.6 is 22.6 Å². The molecule has 0 saturated heterocycles. The van der Waals surface area contributed by atoms with Crippen LogP contribution < -0.4 is 18.9 Å². The number of carbonyl (C=O) groups is 2. The van der Waals surface area contributed by atoms with Crippen molar-refractivity contribution in [2.75, 3.05) is 20.8 Å². The maximum absolute atomic E-state index is 11.8. The van der Waals surface area contributed by atoms with Gasteiger partial charge in [-0.25, -0.2) is 0 Å². The van der Waals surface area contributed by atoms with Crippen molar-refractivity contribution < 1.29 is 33.3 Å². The first-order chi connectivity index (χ1) is 15.1. The Balaban J connectivity index is 1.94. The highest BCUT2D eigenvalue weighted by Gasteiger charge is 2.17. The fraction of sp³-hybridized carbons (Fsp3) is 0.417. The van der Waals surface area contributed by atoms with Crippen molar-refractivity contribution in [1.29, 1.82) is 0 Å². The van der Waals surface area contributed by atoms with Crippen LogP contribution in [-0.4, -0.2) is 36.2 Å². The predicted octanol–water partition coefficient (Wildman–Crippen LogP) is 5.36. The second kappa shape index (κ2) is 11.9. The molecule has 32 heavy (non-hydrogen) atoms. The van der Waals surface area contributed by atoms with Crippen LogP contribution in [0.1, 0.15) is 49.5 Å². The van der Waals surface area contributed by atoms with Crippen LogP contribution in [0.4, 0.5) is 0 Å². The maximum atomic E-state index is 11.8. The molecule has 0 spiro atoms. The Kier molecular flexibility index (Phi) is 9.61. The number of benzene rings is 2. The molecule has 0 aliphatic heterocycles. The Morgan fingerprint density at radius 3 is 2.28 bits per heavy atom. The van der Waals surface area contributed by atoms with Gasteiger partial charge in [-0.05, 0) is 51.0 Å². The molecule has 0 aliphatic rings. The average Bonchev–Trinajstić information content (AvgIpc) is 2.73. The molecule has 0 aromatic heterocycles. The van der Waals surface area contributed by atoms with Crippen LogP contribution in [0.25, 0.3) is 0 Å². The highest BCUT2D eigenvalue weighted by atomic mass is 127. The van der Waals surface area contributed by atoms with Crippen LogP contribution in [0.3, 0.4) is 0 Å². The molecule has 0 N–H and O–H groups in total. The standard InChI is InChI=1S/C24H29IO7/c1-24(2,3)32-22(26)10-7-11-30-17-9-6-8-16(12-17)15-31-21-14-19(28-4)18(23(25)27)13-20(21)29-5/h6,8-9,12-14H,7,10-11,15H2,1-5H3. The van der Waals surface area contributed by atoms with Gasteiger partial charge in [0.1, 0.15) is 23.7 Å². The Morgan fingerprint density at radius 2 is 1.66 bits per heavy atom. The average molecular weight is 556 g/mol. The van der Waals surface area contributed by atoms with Crippen LogP contribution in [0.2, 0.25) is 0 Å². The molecule has 0 amide bonds. The van der Waals surface area contributed by atoms with Crippen LogP contribution in [0.5, 0.6) is 23.0 Å². The SMILES string of the molecule is COc1cc(C(=O)I)c(OC)cc1OCc1cccc(OCCCC(=O)OC(C)(C)C)c1. The topological polar surface area (TPSA) is 80.3 Å². The zero-order valence-electron chi connectivity index (χ0n) is 19.0. The summed E-state index contributed by atoms with van der Waals surface area (Å²) >= 11 is 1.70. The summed E-state index contributed by atoms with van der Waals surface area (Å²) in [6.45, 7) is 6.21. The van der Waals surface area contributed by atoms with Crippen LogP contribution in [0.15, 0.2) is 36.4 Å². The summed E-state index contributed by atoms with van der Waals surface area (Å²) < 4.78 is 27.5. The van der Waals surface area contributed by atoms with Crippen molar-refractivity contribution in [2.45, 2.75) is 45.8 Å². The van der Waals surface area contributed by atoms with E-state index in [0.717, 1.165) is 5.56 Å². The second-order valence-corrected chi connectivity index (χ2v) is 8.93. The normalized spacial score (nSPS) is 10.9. The van der Waals surface area contributed by atoms with Gasteiger partial charge in [-0.2, -0.15) is 0 Å². The quantitative estimate of drug-likeness (QED) is 0.160. The summed E-state index contributed by atoms with van der Waals surface area (Å²) in [7, 11) is 3.01. The lowest BCUT2D eigenvalue weighted by molar-refractivity contribution is -0.155. The molecule has 2 aromatic carbocycles. The Labute approximate surface area is 202 Å². The molecule has 0 saturated carbocycles. The number of carbonyl (C=O) groups excluding carboxylic acids is 2. The molecule has 174 valence electrons. The highest BCUT2D eigenvalue weighted by molar-refractivity contribution is 14.1. The molecule has 0 radical (unpaired) electrons. The minimum atomic E-state index is -0.481. The van der Waals surface area contributed by atoms with Gasteiger partial charge in [0.25, 0.3) is 0 Å². The summed E-state index contributed by atoms with van der Waals surface area (Å²) in [4.78, 5) is 23.6. The molecule has 0 bridgehead atoms. The van der Waals surface area contributed by atoms with Crippen molar-refractivity contribution in [3.8, 4) is 23.0 Å². The van der Waals surface area contributed by atoms with Crippen molar-refractivity contribution in [3.63, 3.8) is 0 Å². The zero-order chi connectivity index (χ0) is 23.7. The first-order valence-corrected chi connectivity index (χ1v) is 11.2. The zero-order valence-corrected chi connectivity index (χ0v) is 21.2. The first kappa shape index (κ1) is 25.8. The van der Waals surface area contributed by atoms with Gasteiger partial charge in [-0.15, -0.1) is 0 Å². The van der Waals surface area contributed by atoms with E-state index in [1.165, 1.54) is 14.2 Å². The number of hydrogen-bond donors (Lipinski definition) is 0. The number of esters is 1. The Hall–Kier alpha value is -2.49. The van der Waals surface area contributed by atoms with E-state index in [-0.39, 0.29) is 16.4 Å². The lowest BCUT2D eigenvalue weighted by Gasteiger charge is -2.19. The van der Waals surface area contributed by atoms with Gasteiger partial charge in [0, 0.05) is 35.1 Å². The Bertz CT molecular complexity index is 934. The molecular weight excluding hydrogens is 527 g/mol. The number of halogens is 1. The fourth-order valence-electron chi connectivity index (χ4n) is 2.82. The van der Waals surface area contributed by atoms with Crippen LogP contribution in [-0.2, 0) is 16.1 Å². The van der Waals surface area contributed by atoms with E-state index in [1.54, 1.807) is 34.7 Å². The van der Waals surface area contributed by atoms with E-state index >= 15 is 0 Å². The van der Waals surface area contributed by atoms with E-state index in [1.807, 2.05) is 45.0 Å². The van der Waals surface area contributed by atoms with Crippen molar-refractivity contribution in [1.82, 2.24) is 0 Å². The molecule has 0 heterocycles. The third-order valence-electron chi connectivity index (χ3n) is 4.20. The molecule has 0 fully saturated rings. The molecule has 0 atom stereocenters. The minimum Gasteiger partial charge on any atom is -0.496 e. The molecule has 7 nitrogen and oxygen atoms in total. The lowest BCUT2D eigenvalue weighted by atomic mass is 10.2. The lowest BCUT2D eigenvalue weighted by Crippen LogP contribution is -2.23. The van der Waals surface area contributed by atoms with Crippen molar-refractivity contribution in [2.24, 2.45) is 0 Å². The predicted molar refractivity (Wildman–Crippen MR) is 129 cm³/mol. The van der Waals surface area contributed by atoms with Crippen LogP contribution in [0, 0.1) is 0 Å². The third-order valence-corrected chi connectivity index (χ3v) is 4.79. The number of methoxy groups -OCH3 is 2. The summed E-state index contributed by atoms with van der Waals surface area (Å²) in [5.74, 6) is 1.78. The monoisotopic (exact) mass is 556 g/mol. The van der Waals surface area contributed by atoms with Gasteiger partial charge in [0.05, 0.1) is 26.4 Å². The van der Waals surface area contributed by atoms with E-state index in [0.29, 0.717) is 48.0 Å². The van der Waals surface area contributed by atoms with E-state index < -0.39 is 5.60 Å². The van der Waals surface area contributed by atoms with Gasteiger partial charge in [0.2, 0.25) is 3.79 Å². The van der Waals surface area contributed by atoms with Gasteiger partial charge in [0.15, 0.2) is 11.5 Å². The number of ether oxygens (including phenoxy) is 5. The first-order valence-electron chi connectivity index (χ1n) is 10.1. The number of hydrogen-bond acceptors (Lipinski definition) is 7. The summed E-state index contributed by atoms with van der Waals surface area (Å²) in [6, 6.07) is 10.8. The molecule has 2 aromatic rings.